The van der Waals surface area contributed by atoms with Gasteiger partial charge in [0.1, 0.15) is 12.4 Å². The minimum absolute atomic E-state index is 0.0568. The number of halogens is 1. The Hall–Kier alpha value is -1.07. The summed E-state index contributed by atoms with van der Waals surface area (Å²) in [7, 11) is 0. The monoisotopic (exact) mass is 340 g/mol. The molecule has 1 atom stereocenters. The van der Waals surface area contributed by atoms with Crippen molar-refractivity contribution in [2.75, 3.05) is 26.2 Å². The number of nitrogens with zero attached hydrogens (tertiary/aromatic N) is 1. The van der Waals surface area contributed by atoms with Crippen LogP contribution in [0.2, 0.25) is 0 Å². The lowest BCUT2D eigenvalue weighted by atomic mass is 10.1. The average Bonchev–Trinajstić information content (AvgIpc) is 2.41. The summed E-state index contributed by atoms with van der Waals surface area (Å²) in [6, 6.07) is 8.15. The van der Waals surface area contributed by atoms with E-state index >= 15 is 0 Å². The van der Waals surface area contributed by atoms with Crippen LogP contribution in [0.4, 0.5) is 0 Å². The van der Waals surface area contributed by atoms with Crippen molar-refractivity contribution in [1.29, 1.82) is 0 Å². The molecule has 0 aromatic heterocycles. The predicted molar refractivity (Wildman–Crippen MR) is 82.9 cm³/mol. The van der Waals surface area contributed by atoms with Crippen LogP contribution in [0.1, 0.15) is 19.8 Å². The van der Waals surface area contributed by atoms with Crippen molar-refractivity contribution >= 4 is 21.8 Å². The molecular formula is C15H21BrN2O2. The number of ether oxygens (including phenoxy) is 1. The molecule has 0 bridgehead atoms. The molecule has 110 valence electrons. The van der Waals surface area contributed by atoms with Gasteiger partial charge in [-0.15, -0.1) is 0 Å². The first kappa shape index (κ1) is 15.3. The summed E-state index contributed by atoms with van der Waals surface area (Å²) < 4.78 is 6.76. The van der Waals surface area contributed by atoms with Crippen LogP contribution in [0.5, 0.6) is 5.75 Å². The SMILES string of the molecule is CC(=O)N[C@H]1CCCN(CCOc2ccccc2Br)C1. The van der Waals surface area contributed by atoms with Crippen LogP contribution in [0, 0.1) is 0 Å². The van der Waals surface area contributed by atoms with Crippen molar-refractivity contribution in [2.24, 2.45) is 0 Å². The molecule has 1 aliphatic heterocycles. The molecule has 1 aliphatic rings. The zero-order chi connectivity index (χ0) is 14.4. The van der Waals surface area contributed by atoms with Gasteiger partial charge >= 0.3 is 0 Å². The number of carbonyl (C=O) groups excluding carboxylic acids is 1. The molecule has 20 heavy (non-hydrogen) atoms. The van der Waals surface area contributed by atoms with Crippen LogP contribution in [-0.2, 0) is 4.79 Å². The third-order valence-corrected chi connectivity index (χ3v) is 4.07. The second kappa shape index (κ2) is 7.64. The van der Waals surface area contributed by atoms with Crippen LogP contribution in [0.3, 0.4) is 0 Å². The number of piperidine rings is 1. The van der Waals surface area contributed by atoms with Crippen molar-refractivity contribution in [2.45, 2.75) is 25.8 Å². The van der Waals surface area contributed by atoms with E-state index in [-0.39, 0.29) is 11.9 Å². The van der Waals surface area contributed by atoms with Gasteiger partial charge in [-0.25, -0.2) is 0 Å². The first-order valence-electron chi connectivity index (χ1n) is 7.02. The Morgan fingerprint density at radius 1 is 1.50 bits per heavy atom. The zero-order valence-electron chi connectivity index (χ0n) is 11.8. The van der Waals surface area contributed by atoms with Gasteiger partial charge in [0.2, 0.25) is 5.91 Å². The number of nitrogens with one attached hydrogen (secondary N) is 1. The molecule has 1 fully saturated rings. The van der Waals surface area contributed by atoms with E-state index in [1.54, 1.807) is 6.92 Å². The van der Waals surface area contributed by atoms with Crippen molar-refractivity contribution in [1.82, 2.24) is 10.2 Å². The minimum Gasteiger partial charge on any atom is -0.491 e. The Morgan fingerprint density at radius 3 is 3.05 bits per heavy atom. The largest absolute Gasteiger partial charge is 0.491 e. The van der Waals surface area contributed by atoms with Gasteiger partial charge in [-0.1, -0.05) is 12.1 Å². The molecule has 4 nitrogen and oxygen atoms in total. The Morgan fingerprint density at radius 2 is 2.30 bits per heavy atom. The molecule has 0 saturated carbocycles. The van der Waals surface area contributed by atoms with Crippen LogP contribution in [0.15, 0.2) is 28.7 Å². The van der Waals surface area contributed by atoms with E-state index in [4.69, 9.17) is 4.74 Å². The topological polar surface area (TPSA) is 41.6 Å². The van der Waals surface area contributed by atoms with Crippen LogP contribution < -0.4 is 10.1 Å². The highest BCUT2D eigenvalue weighted by Crippen LogP contribution is 2.23. The van der Waals surface area contributed by atoms with Gasteiger partial charge in [0.25, 0.3) is 0 Å². The number of hydrogen-bond donors (Lipinski definition) is 1. The Bertz CT molecular complexity index is 453. The van der Waals surface area contributed by atoms with Crippen molar-refractivity contribution in [3.63, 3.8) is 0 Å². The molecule has 0 aliphatic carbocycles. The van der Waals surface area contributed by atoms with Gasteiger partial charge < -0.3 is 10.1 Å². The third-order valence-electron chi connectivity index (χ3n) is 3.41. The molecule has 1 aromatic carbocycles. The van der Waals surface area contributed by atoms with Gasteiger partial charge in [0.15, 0.2) is 0 Å². The normalized spacial score (nSPS) is 19.6. The van der Waals surface area contributed by atoms with Gasteiger partial charge in [-0.05, 0) is 47.4 Å². The molecule has 0 radical (unpaired) electrons. The lowest BCUT2D eigenvalue weighted by Gasteiger charge is -2.32. The average molecular weight is 341 g/mol. The maximum atomic E-state index is 11.1. The zero-order valence-corrected chi connectivity index (χ0v) is 13.4. The van der Waals surface area contributed by atoms with Gasteiger partial charge in [0, 0.05) is 26.1 Å². The first-order valence-corrected chi connectivity index (χ1v) is 7.81. The van der Waals surface area contributed by atoms with E-state index in [1.165, 1.54) is 0 Å². The second-order valence-corrected chi connectivity index (χ2v) is 5.97. The maximum absolute atomic E-state index is 11.1. The number of carbonyl (C=O) groups is 1. The molecule has 2 rings (SSSR count). The third kappa shape index (κ3) is 4.80. The Labute approximate surface area is 128 Å². The van der Waals surface area contributed by atoms with Gasteiger partial charge in [0.05, 0.1) is 4.47 Å². The fraction of sp³-hybridized carbons (Fsp3) is 0.533. The van der Waals surface area contributed by atoms with Gasteiger partial charge in [-0.3, -0.25) is 9.69 Å². The summed E-state index contributed by atoms with van der Waals surface area (Å²) in [5.74, 6) is 0.934. The van der Waals surface area contributed by atoms with E-state index in [1.807, 2.05) is 24.3 Å². The lowest BCUT2D eigenvalue weighted by molar-refractivity contribution is -0.120. The summed E-state index contributed by atoms with van der Waals surface area (Å²) >= 11 is 3.47. The first-order chi connectivity index (χ1) is 9.65. The van der Waals surface area contributed by atoms with E-state index in [0.29, 0.717) is 6.61 Å². The highest BCUT2D eigenvalue weighted by atomic mass is 79.9. The summed E-state index contributed by atoms with van der Waals surface area (Å²) in [5.41, 5.74) is 0. The Kier molecular flexibility index (Phi) is 5.86. The van der Waals surface area contributed by atoms with Crippen LogP contribution in [0.25, 0.3) is 0 Å². The Balaban J connectivity index is 1.74. The summed E-state index contributed by atoms with van der Waals surface area (Å²) in [4.78, 5) is 13.4. The molecule has 1 saturated heterocycles. The van der Waals surface area contributed by atoms with Crippen LogP contribution >= 0.6 is 15.9 Å². The molecule has 1 amide bonds. The summed E-state index contributed by atoms with van der Waals surface area (Å²) in [6.45, 7) is 5.12. The lowest BCUT2D eigenvalue weighted by Crippen LogP contribution is -2.48. The highest BCUT2D eigenvalue weighted by molar-refractivity contribution is 9.10. The quantitative estimate of drug-likeness (QED) is 0.894. The fourth-order valence-corrected chi connectivity index (χ4v) is 2.91. The van der Waals surface area contributed by atoms with Crippen LogP contribution in [-0.4, -0.2) is 43.1 Å². The number of amides is 1. The van der Waals surface area contributed by atoms with E-state index in [2.05, 4.69) is 26.1 Å². The maximum Gasteiger partial charge on any atom is 0.217 e. The van der Waals surface area contributed by atoms with E-state index in [9.17, 15) is 4.79 Å². The highest BCUT2D eigenvalue weighted by Gasteiger charge is 2.20. The molecule has 1 N–H and O–H groups in total. The molecule has 0 unspecified atom stereocenters. The summed E-state index contributed by atoms with van der Waals surface area (Å²) in [5, 5.41) is 3.00. The van der Waals surface area contributed by atoms with E-state index < -0.39 is 0 Å². The van der Waals surface area contributed by atoms with Gasteiger partial charge in [-0.2, -0.15) is 0 Å². The second-order valence-electron chi connectivity index (χ2n) is 5.12. The van der Waals surface area contributed by atoms with E-state index in [0.717, 1.165) is 42.7 Å². The molecule has 0 spiro atoms. The molecule has 5 heteroatoms. The van der Waals surface area contributed by atoms with Crippen molar-refractivity contribution in [3.8, 4) is 5.75 Å². The van der Waals surface area contributed by atoms with Crippen molar-refractivity contribution in [3.05, 3.63) is 28.7 Å². The smallest absolute Gasteiger partial charge is 0.217 e. The molecular weight excluding hydrogens is 320 g/mol. The fourth-order valence-electron chi connectivity index (χ4n) is 2.51. The number of likely N-dealkylation sites (tertiary alicyclic amines) is 1. The molecule has 1 aromatic rings. The number of para-hydroxylation sites is 1. The number of hydrogen-bond acceptors (Lipinski definition) is 3. The number of benzene rings is 1. The standard InChI is InChI=1S/C15H21BrN2O2/c1-12(19)17-13-5-4-8-18(11-13)9-10-20-15-7-3-2-6-14(15)16/h2-3,6-7,13H,4-5,8-11H2,1H3,(H,17,19)/t13-/m0/s1. The summed E-state index contributed by atoms with van der Waals surface area (Å²) in [6.07, 6.45) is 2.20. The predicted octanol–water partition coefficient (Wildman–Crippen LogP) is 2.43. The van der Waals surface area contributed by atoms with Crippen molar-refractivity contribution < 1.29 is 9.53 Å². The minimum atomic E-state index is 0.0568. The number of rotatable bonds is 5. The molecule has 1 heterocycles.